The molecule has 1 aromatic carbocycles. The van der Waals surface area contributed by atoms with Gasteiger partial charge in [0, 0.05) is 11.0 Å². The number of benzene rings is 1. The normalized spacial score (nSPS) is 10.8. The number of carbonyl (C=O) groups is 1. The number of carbonyl (C=O) groups excluding carboxylic acids is 1. The fourth-order valence-electron chi connectivity index (χ4n) is 1.29. The number of nitrogens with zero attached hydrogens (tertiary/aromatic N) is 1. The van der Waals surface area contributed by atoms with Crippen LogP contribution in [0.2, 0.25) is 0 Å². The second kappa shape index (κ2) is 5.87. The molecule has 0 bridgehead atoms. The molecule has 0 fully saturated rings. The number of amides is 1. The number of alkyl halides is 3. The lowest BCUT2D eigenvalue weighted by molar-refractivity contribution is -0.138. The molecule has 0 aliphatic carbocycles. The summed E-state index contributed by atoms with van der Waals surface area (Å²) in [6.07, 6.45) is -4.86. The van der Waals surface area contributed by atoms with Gasteiger partial charge in [-0.15, -0.1) is 0 Å². The Morgan fingerprint density at radius 3 is 2.67 bits per heavy atom. The van der Waals surface area contributed by atoms with E-state index in [2.05, 4.69) is 21.2 Å². The van der Waals surface area contributed by atoms with Crippen molar-refractivity contribution in [2.24, 2.45) is 0 Å². The first-order valence-corrected chi connectivity index (χ1v) is 5.63. The lowest BCUT2D eigenvalue weighted by Gasteiger charge is -2.13. The van der Waals surface area contributed by atoms with Gasteiger partial charge < -0.3 is 5.32 Å². The van der Waals surface area contributed by atoms with Gasteiger partial charge in [0.1, 0.15) is 6.42 Å². The van der Waals surface area contributed by atoms with Crippen LogP contribution in [0, 0.1) is 11.3 Å². The number of nitriles is 1. The molecule has 96 valence electrons. The van der Waals surface area contributed by atoms with Gasteiger partial charge in [-0.05, 0) is 17.7 Å². The van der Waals surface area contributed by atoms with Gasteiger partial charge in [-0.2, -0.15) is 18.4 Å². The number of rotatable bonds is 3. The molecule has 1 N–H and O–H groups in total. The molecule has 7 heteroatoms. The highest BCUT2D eigenvalue weighted by Crippen LogP contribution is 2.33. The van der Waals surface area contributed by atoms with Crippen LogP contribution in [0.3, 0.4) is 0 Å². The standard InChI is InChI=1S/C11H8BrF3N2O/c12-8-2-1-7(6-17-10(18)3-4-16)9(5-8)11(13,14)15/h1-2,5H,3,6H2,(H,17,18). The predicted octanol–water partition coefficient (Wildman–Crippen LogP) is 3.00. The van der Waals surface area contributed by atoms with Crippen LogP contribution in [-0.2, 0) is 17.5 Å². The molecule has 1 rings (SSSR count). The summed E-state index contributed by atoms with van der Waals surface area (Å²) in [5.74, 6) is -0.603. The van der Waals surface area contributed by atoms with Gasteiger partial charge in [0.2, 0.25) is 5.91 Å². The summed E-state index contributed by atoms with van der Waals surface area (Å²) in [6, 6.07) is 5.30. The summed E-state index contributed by atoms with van der Waals surface area (Å²) in [4.78, 5) is 11.0. The summed E-state index contributed by atoms with van der Waals surface area (Å²) in [6.45, 7) is -0.261. The molecule has 0 spiro atoms. The molecule has 0 atom stereocenters. The van der Waals surface area contributed by atoms with Crippen LogP contribution in [-0.4, -0.2) is 5.91 Å². The molecule has 1 amide bonds. The summed E-state index contributed by atoms with van der Waals surface area (Å²) in [7, 11) is 0. The van der Waals surface area contributed by atoms with Crippen LogP contribution in [0.15, 0.2) is 22.7 Å². The minimum atomic E-state index is -4.49. The molecule has 18 heavy (non-hydrogen) atoms. The van der Waals surface area contributed by atoms with Crippen molar-refractivity contribution in [3.05, 3.63) is 33.8 Å². The third kappa shape index (κ3) is 4.04. The molecular formula is C11H8BrF3N2O. The van der Waals surface area contributed by atoms with Gasteiger partial charge in [-0.1, -0.05) is 22.0 Å². The third-order valence-electron chi connectivity index (χ3n) is 2.09. The molecule has 0 aliphatic rings. The van der Waals surface area contributed by atoms with Crippen molar-refractivity contribution in [3.8, 4) is 6.07 Å². The van der Waals surface area contributed by atoms with Crippen molar-refractivity contribution < 1.29 is 18.0 Å². The van der Waals surface area contributed by atoms with E-state index >= 15 is 0 Å². The summed E-state index contributed by atoms with van der Waals surface area (Å²) in [5.41, 5.74) is -0.855. The average molecular weight is 321 g/mol. The number of hydrogen-bond donors (Lipinski definition) is 1. The van der Waals surface area contributed by atoms with Gasteiger partial charge in [0.25, 0.3) is 0 Å². The Kier molecular flexibility index (Phi) is 4.73. The molecule has 0 saturated heterocycles. The molecule has 0 aliphatic heterocycles. The van der Waals surface area contributed by atoms with Crippen molar-refractivity contribution in [3.63, 3.8) is 0 Å². The zero-order valence-electron chi connectivity index (χ0n) is 9.01. The molecule has 0 radical (unpaired) electrons. The summed E-state index contributed by atoms with van der Waals surface area (Å²) < 4.78 is 38.5. The van der Waals surface area contributed by atoms with E-state index < -0.39 is 17.6 Å². The van der Waals surface area contributed by atoms with E-state index in [1.807, 2.05) is 0 Å². The Morgan fingerprint density at radius 1 is 1.44 bits per heavy atom. The highest BCUT2D eigenvalue weighted by Gasteiger charge is 2.33. The summed E-state index contributed by atoms with van der Waals surface area (Å²) in [5, 5.41) is 10.5. The first-order chi connectivity index (χ1) is 8.34. The maximum absolute atomic E-state index is 12.7. The van der Waals surface area contributed by atoms with E-state index in [1.54, 1.807) is 6.07 Å². The maximum atomic E-state index is 12.7. The van der Waals surface area contributed by atoms with Crippen LogP contribution < -0.4 is 5.32 Å². The maximum Gasteiger partial charge on any atom is 0.416 e. The predicted molar refractivity (Wildman–Crippen MR) is 61.2 cm³/mol. The van der Waals surface area contributed by atoms with Gasteiger partial charge >= 0.3 is 6.18 Å². The average Bonchev–Trinajstić information content (AvgIpc) is 2.26. The van der Waals surface area contributed by atoms with Gasteiger partial charge in [0.15, 0.2) is 0 Å². The fourth-order valence-corrected chi connectivity index (χ4v) is 1.66. The quantitative estimate of drug-likeness (QED) is 0.930. The van der Waals surface area contributed by atoms with Crippen molar-refractivity contribution in [1.82, 2.24) is 5.32 Å². The molecule has 0 aromatic heterocycles. The Morgan fingerprint density at radius 2 is 2.11 bits per heavy atom. The van der Waals surface area contributed by atoms with Crippen molar-refractivity contribution in [2.45, 2.75) is 19.1 Å². The highest BCUT2D eigenvalue weighted by molar-refractivity contribution is 9.10. The largest absolute Gasteiger partial charge is 0.416 e. The van der Waals surface area contributed by atoms with E-state index in [1.165, 1.54) is 12.1 Å². The van der Waals surface area contributed by atoms with Crippen LogP contribution in [0.5, 0.6) is 0 Å². The zero-order chi connectivity index (χ0) is 13.8. The Hall–Kier alpha value is -1.55. The Bertz CT molecular complexity index is 494. The molecule has 0 heterocycles. The monoisotopic (exact) mass is 320 g/mol. The van der Waals surface area contributed by atoms with Crippen molar-refractivity contribution >= 4 is 21.8 Å². The first-order valence-electron chi connectivity index (χ1n) is 4.84. The van der Waals surface area contributed by atoms with Gasteiger partial charge in [0.05, 0.1) is 11.6 Å². The van der Waals surface area contributed by atoms with E-state index in [0.29, 0.717) is 4.47 Å². The number of hydrogen-bond acceptors (Lipinski definition) is 2. The summed E-state index contributed by atoms with van der Waals surface area (Å²) >= 11 is 2.96. The van der Waals surface area contributed by atoms with E-state index in [4.69, 9.17) is 5.26 Å². The van der Waals surface area contributed by atoms with Gasteiger partial charge in [-0.25, -0.2) is 0 Å². The topological polar surface area (TPSA) is 52.9 Å². The number of halogens is 4. The van der Waals surface area contributed by atoms with Crippen LogP contribution >= 0.6 is 15.9 Å². The van der Waals surface area contributed by atoms with E-state index in [9.17, 15) is 18.0 Å². The lowest BCUT2D eigenvalue weighted by Crippen LogP contribution is -2.23. The number of nitrogens with one attached hydrogen (secondary N) is 1. The highest BCUT2D eigenvalue weighted by atomic mass is 79.9. The van der Waals surface area contributed by atoms with Crippen LogP contribution in [0.1, 0.15) is 17.5 Å². The van der Waals surface area contributed by atoms with Crippen molar-refractivity contribution in [1.29, 1.82) is 5.26 Å². The molecule has 0 saturated carbocycles. The molecule has 0 unspecified atom stereocenters. The Balaban J connectivity index is 2.89. The van der Waals surface area contributed by atoms with Crippen LogP contribution in [0.25, 0.3) is 0 Å². The second-order valence-electron chi connectivity index (χ2n) is 3.41. The van der Waals surface area contributed by atoms with Crippen LogP contribution in [0.4, 0.5) is 13.2 Å². The zero-order valence-corrected chi connectivity index (χ0v) is 10.6. The van der Waals surface area contributed by atoms with E-state index in [-0.39, 0.29) is 18.5 Å². The molecule has 1 aromatic rings. The minimum absolute atomic E-state index is 0.0445. The van der Waals surface area contributed by atoms with Crippen molar-refractivity contribution in [2.75, 3.05) is 0 Å². The minimum Gasteiger partial charge on any atom is -0.351 e. The van der Waals surface area contributed by atoms with Gasteiger partial charge in [-0.3, -0.25) is 4.79 Å². The second-order valence-corrected chi connectivity index (χ2v) is 4.33. The molecular weight excluding hydrogens is 313 g/mol. The van der Waals surface area contributed by atoms with E-state index in [0.717, 1.165) is 6.07 Å². The Labute approximate surface area is 110 Å². The lowest BCUT2D eigenvalue weighted by atomic mass is 10.1. The fraction of sp³-hybridized carbons (Fsp3) is 0.273. The SMILES string of the molecule is N#CCC(=O)NCc1ccc(Br)cc1C(F)(F)F. The molecule has 3 nitrogen and oxygen atoms in total. The third-order valence-corrected chi connectivity index (χ3v) is 2.59. The smallest absolute Gasteiger partial charge is 0.351 e. The first kappa shape index (κ1) is 14.5.